The SMILES string of the molecule is CCN=Cc1c(O)cc(C2C(C)C=CC3CCCCC32)oc1=O. The van der Waals surface area contributed by atoms with Crippen LogP contribution in [0.25, 0.3) is 0 Å². The fourth-order valence-electron chi connectivity index (χ4n) is 4.14. The maximum absolute atomic E-state index is 12.2. The third-order valence-corrected chi connectivity index (χ3v) is 5.28. The number of aliphatic imine (C=N–C) groups is 1. The van der Waals surface area contributed by atoms with Crippen molar-refractivity contribution in [2.24, 2.45) is 22.7 Å². The number of hydrogen-bond acceptors (Lipinski definition) is 4. The van der Waals surface area contributed by atoms with Crippen LogP contribution in [0.4, 0.5) is 0 Å². The van der Waals surface area contributed by atoms with E-state index in [2.05, 4.69) is 24.1 Å². The lowest BCUT2D eigenvalue weighted by atomic mass is 9.64. The lowest BCUT2D eigenvalue weighted by Crippen LogP contribution is -2.31. The van der Waals surface area contributed by atoms with E-state index in [9.17, 15) is 9.90 Å². The summed E-state index contributed by atoms with van der Waals surface area (Å²) in [6.07, 6.45) is 10.9. The maximum Gasteiger partial charge on any atom is 0.348 e. The van der Waals surface area contributed by atoms with E-state index in [0.29, 0.717) is 30.1 Å². The van der Waals surface area contributed by atoms with Gasteiger partial charge in [0.2, 0.25) is 0 Å². The summed E-state index contributed by atoms with van der Waals surface area (Å²) in [6, 6.07) is 1.63. The van der Waals surface area contributed by atoms with Crippen LogP contribution in [0, 0.1) is 17.8 Å². The topological polar surface area (TPSA) is 62.8 Å². The summed E-state index contributed by atoms with van der Waals surface area (Å²) < 4.78 is 5.60. The van der Waals surface area contributed by atoms with Gasteiger partial charge in [-0.3, -0.25) is 4.99 Å². The molecule has 4 atom stereocenters. The molecule has 1 fully saturated rings. The molecule has 0 spiro atoms. The van der Waals surface area contributed by atoms with Crippen LogP contribution < -0.4 is 5.63 Å². The first-order chi connectivity index (χ1) is 11.1. The Morgan fingerprint density at radius 2 is 2.13 bits per heavy atom. The molecule has 2 aliphatic rings. The molecule has 4 nitrogen and oxygen atoms in total. The van der Waals surface area contributed by atoms with Crippen molar-refractivity contribution in [1.82, 2.24) is 0 Å². The number of allylic oxidation sites excluding steroid dienone is 2. The zero-order chi connectivity index (χ0) is 16.4. The van der Waals surface area contributed by atoms with Gasteiger partial charge < -0.3 is 9.52 Å². The third kappa shape index (κ3) is 3.12. The van der Waals surface area contributed by atoms with Gasteiger partial charge in [0.1, 0.15) is 17.1 Å². The molecule has 1 saturated carbocycles. The van der Waals surface area contributed by atoms with Crippen LogP contribution in [0.2, 0.25) is 0 Å². The minimum absolute atomic E-state index is 0.0254. The van der Waals surface area contributed by atoms with E-state index >= 15 is 0 Å². The summed E-state index contributed by atoms with van der Waals surface area (Å²) in [4.78, 5) is 16.3. The van der Waals surface area contributed by atoms with E-state index < -0.39 is 5.63 Å². The standard InChI is InChI=1S/C19H25NO3/c1-3-20-11-15-16(21)10-17(23-19(15)22)18-12(2)8-9-13-6-4-5-7-14(13)18/h8-14,18,21H,3-7H2,1-2H3. The Kier molecular flexibility index (Phi) is 4.69. The first-order valence-corrected chi connectivity index (χ1v) is 8.67. The molecule has 4 heteroatoms. The smallest absolute Gasteiger partial charge is 0.348 e. The van der Waals surface area contributed by atoms with Gasteiger partial charge in [-0.15, -0.1) is 0 Å². The summed E-state index contributed by atoms with van der Waals surface area (Å²) in [7, 11) is 0. The van der Waals surface area contributed by atoms with Gasteiger partial charge in [-0.1, -0.05) is 31.9 Å². The second-order valence-electron chi connectivity index (χ2n) is 6.75. The molecule has 0 radical (unpaired) electrons. The van der Waals surface area contributed by atoms with E-state index in [1.54, 1.807) is 6.07 Å². The van der Waals surface area contributed by atoms with E-state index in [1.165, 1.54) is 25.5 Å². The monoisotopic (exact) mass is 315 g/mol. The number of hydrogen-bond donors (Lipinski definition) is 1. The number of rotatable bonds is 3. The molecule has 2 aliphatic carbocycles. The van der Waals surface area contributed by atoms with Gasteiger partial charge >= 0.3 is 5.63 Å². The minimum Gasteiger partial charge on any atom is -0.507 e. The van der Waals surface area contributed by atoms with Crippen LogP contribution in [0.1, 0.15) is 56.8 Å². The lowest BCUT2D eigenvalue weighted by molar-refractivity contribution is 0.179. The van der Waals surface area contributed by atoms with Crippen molar-refractivity contribution in [3.05, 3.63) is 40.0 Å². The summed E-state index contributed by atoms with van der Waals surface area (Å²) in [5.74, 6) is 2.14. The molecule has 1 aromatic heterocycles. The zero-order valence-electron chi connectivity index (χ0n) is 13.9. The van der Waals surface area contributed by atoms with Crippen LogP contribution in [0.5, 0.6) is 5.75 Å². The van der Waals surface area contributed by atoms with Crippen molar-refractivity contribution >= 4 is 6.21 Å². The van der Waals surface area contributed by atoms with Crippen LogP contribution in [0.3, 0.4) is 0 Å². The summed E-state index contributed by atoms with van der Waals surface area (Å²) in [6.45, 7) is 4.60. The van der Waals surface area contributed by atoms with Gasteiger partial charge in [-0.2, -0.15) is 0 Å². The van der Waals surface area contributed by atoms with Gasteiger partial charge in [0, 0.05) is 24.7 Å². The second kappa shape index (κ2) is 6.73. The Bertz CT molecular complexity index is 674. The van der Waals surface area contributed by atoms with Gasteiger partial charge in [0.25, 0.3) is 0 Å². The number of fused-ring (bicyclic) bond motifs is 1. The Morgan fingerprint density at radius 3 is 2.87 bits per heavy atom. The van der Waals surface area contributed by atoms with Gasteiger partial charge in [0.15, 0.2) is 0 Å². The Morgan fingerprint density at radius 1 is 1.35 bits per heavy atom. The molecule has 1 N–H and O–H groups in total. The van der Waals surface area contributed by atoms with Crippen molar-refractivity contribution in [2.45, 2.75) is 45.4 Å². The number of aromatic hydroxyl groups is 1. The average molecular weight is 315 g/mol. The average Bonchev–Trinajstić information content (AvgIpc) is 2.54. The fraction of sp³-hybridized carbons (Fsp3) is 0.579. The lowest BCUT2D eigenvalue weighted by Gasteiger charge is -2.40. The Hall–Kier alpha value is -1.84. The quantitative estimate of drug-likeness (QED) is 0.680. The van der Waals surface area contributed by atoms with Crippen molar-refractivity contribution in [3.63, 3.8) is 0 Å². The van der Waals surface area contributed by atoms with E-state index in [0.717, 1.165) is 6.42 Å². The third-order valence-electron chi connectivity index (χ3n) is 5.28. The van der Waals surface area contributed by atoms with Gasteiger partial charge in [0.05, 0.1) is 0 Å². The highest BCUT2D eigenvalue weighted by Crippen LogP contribution is 2.47. The van der Waals surface area contributed by atoms with E-state index in [1.807, 2.05) is 6.92 Å². The van der Waals surface area contributed by atoms with Crippen LogP contribution >= 0.6 is 0 Å². The molecule has 23 heavy (non-hydrogen) atoms. The normalized spacial score (nSPS) is 30.5. The summed E-state index contributed by atoms with van der Waals surface area (Å²) in [5, 5.41) is 10.2. The molecule has 3 rings (SSSR count). The van der Waals surface area contributed by atoms with Crippen molar-refractivity contribution in [2.75, 3.05) is 6.54 Å². The highest BCUT2D eigenvalue weighted by molar-refractivity contribution is 5.82. The van der Waals surface area contributed by atoms with Gasteiger partial charge in [-0.05, 0) is 37.5 Å². The van der Waals surface area contributed by atoms with Crippen molar-refractivity contribution in [1.29, 1.82) is 0 Å². The first kappa shape index (κ1) is 16.0. The largest absolute Gasteiger partial charge is 0.507 e. The fourth-order valence-corrected chi connectivity index (χ4v) is 4.14. The molecule has 0 saturated heterocycles. The van der Waals surface area contributed by atoms with E-state index in [-0.39, 0.29) is 17.2 Å². The van der Waals surface area contributed by atoms with Gasteiger partial charge in [-0.25, -0.2) is 4.79 Å². The second-order valence-corrected chi connectivity index (χ2v) is 6.75. The molecule has 124 valence electrons. The van der Waals surface area contributed by atoms with Crippen molar-refractivity contribution in [3.8, 4) is 5.75 Å². The van der Waals surface area contributed by atoms with Crippen LogP contribution in [-0.2, 0) is 0 Å². The summed E-state index contributed by atoms with van der Waals surface area (Å²) >= 11 is 0. The Labute approximate surface area is 136 Å². The maximum atomic E-state index is 12.2. The predicted molar refractivity (Wildman–Crippen MR) is 91.3 cm³/mol. The molecular weight excluding hydrogens is 290 g/mol. The molecule has 1 aromatic rings. The van der Waals surface area contributed by atoms with Crippen molar-refractivity contribution < 1.29 is 9.52 Å². The molecule has 4 unspecified atom stereocenters. The molecule has 0 aliphatic heterocycles. The molecule has 1 heterocycles. The molecule has 0 bridgehead atoms. The first-order valence-electron chi connectivity index (χ1n) is 8.67. The van der Waals surface area contributed by atoms with Crippen LogP contribution in [-0.4, -0.2) is 17.9 Å². The molecular formula is C19H25NO3. The Balaban J connectivity index is 1.98. The molecule has 0 amide bonds. The summed E-state index contributed by atoms with van der Waals surface area (Å²) in [5.41, 5.74) is -0.346. The number of nitrogens with zero attached hydrogens (tertiary/aromatic N) is 1. The van der Waals surface area contributed by atoms with E-state index in [4.69, 9.17) is 4.42 Å². The highest BCUT2D eigenvalue weighted by atomic mass is 16.4. The minimum atomic E-state index is -0.494. The zero-order valence-corrected chi connectivity index (χ0v) is 13.9. The van der Waals surface area contributed by atoms with Crippen LogP contribution in [0.15, 0.2) is 32.4 Å². The highest BCUT2D eigenvalue weighted by Gasteiger charge is 2.38. The predicted octanol–water partition coefficient (Wildman–Crippen LogP) is 3.88. The molecule has 0 aromatic carbocycles.